The summed E-state index contributed by atoms with van der Waals surface area (Å²) in [4.78, 5) is 52.3. The average Bonchev–Trinajstić information content (AvgIpc) is 3.02. The van der Waals surface area contributed by atoms with Gasteiger partial charge >= 0.3 is 0 Å². The van der Waals surface area contributed by atoms with Crippen LogP contribution in [0.3, 0.4) is 0 Å². The molecule has 0 saturated heterocycles. The van der Waals surface area contributed by atoms with E-state index in [9.17, 15) is 33.8 Å². The number of aromatic hydroxyl groups is 2. The molecule has 1 fully saturated rings. The summed E-state index contributed by atoms with van der Waals surface area (Å²) in [5, 5.41) is 30.1. The highest BCUT2D eigenvalue weighted by Gasteiger charge is 2.26. The average molecular weight is 605 g/mol. The second-order valence-electron chi connectivity index (χ2n) is 11.0. The highest BCUT2D eigenvalue weighted by atomic mass is 19.1. The number of amides is 4. The number of rotatable bonds is 12. The molecular weight excluding hydrogens is 567 g/mol. The van der Waals surface area contributed by atoms with E-state index in [0.717, 1.165) is 49.8 Å². The molecule has 4 amide bonds. The quantitative estimate of drug-likeness (QED) is 0.187. The van der Waals surface area contributed by atoms with Crippen molar-refractivity contribution in [3.05, 3.63) is 95.3 Å². The number of phenols is 2. The Morgan fingerprint density at radius 2 is 1.23 bits per heavy atom. The Labute approximate surface area is 255 Å². The predicted molar refractivity (Wildman–Crippen MR) is 161 cm³/mol. The van der Waals surface area contributed by atoms with E-state index < -0.39 is 42.2 Å². The molecule has 1 aliphatic rings. The summed E-state index contributed by atoms with van der Waals surface area (Å²) in [7, 11) is 0. The molecule has 0 spiro atoms. The van der Waals surface area contributed by atoms with Crippen molar-refractivity contribution in [1.29, 1.82) is 0 Å². The van der Waals surface area contributed by atoms with Gasteiger partial charge in [-0.2, -0.15) is 0 Å². The van der Waals surface area contributed by atoms with E-state index in [1.165, 1.54) is 36.4 Å². The lowest BCUT2D eigenvalue weighted by Gasteiger charge is -2.26. The number of carbonyl (C=O) groups excluding carboxylic acids is 4. The fourth-order valence-electron chi connectivity index (χ4n) is 5.08. The maximum atomic E-state index is 13.3. The zero-order valence-corrected chi connectivity index (χ0v) is 24.2. The lowest BCUT2D eigenvalue weighted by atomic mass is 9.95. The van der Waals surface area contributed by atoms with Gasteiger partial charge in [0.1, 0.15) is 29.4 Å². The SMILES string of the molecule is O=C(CNC(=O)[C@H](Cc1ccc(O)cc1)NC(=O)c1ccc(F)cc1)N[C@@H](Cc1ccc(O)cc1)C(=O)NC1CCCCC1. The molecule has 232 valence electrons. The number of hydrogen-bond donors (Lipinski definition) is 6. The fraction of sp³-hybridized carbons (Fsp3) is 0.333. The van der Waals surface area contributed by atoms with Crippen LogP contribution in [-0.4, -0.2) is 58.5 Å². The van der Waals surface area contributed by atoms with Crippen molar-refractivity contribution in [2.45, 2.75) is 63.1 Å². The van der Waals surface area contributed by atoms with Gasteiger partial charge in [0, 0.05) is 24.4 Å². The highest BCUT2D eigenvalue weighted by molar-refractivity contribution is 5.98. The molecule has 0 aliphatic heterocycles. The van der Waals surface area contributed by atoms with E-state index in [4.69, 9.17) is 0 Å². The molecule has 0 aromatic heterocycles. The van der Waals surface area contributed by atoms with Crippen LogP contribution < -0.4 is 21.3 Å². The molecule has 11 heteroatoms. The summed E-state index contributed by atoms with van der Waals surface area (Å²) in [6.45, 7) is -0.458. The van der Waals surface area contributed by atoms with Crippen LogP contribution >= 0.6 is 0 Å². The van der Waals surface area contributed by atoms with Crippen LogP contribution in [0.2, 0.25) is 0 Å². The van der Waals surface area contributed by atoms with Crippen LogP contribution in [0, 0.1) is 5.82 Å². The summed E-state index contributed by atoms with van der Waals surface area (Å²) >= 11 is 0. The summed E-state index contributed by atoms with van der Waals surface area (Å²) in [5.41, 5.74) is 1.52. The molecule has 4 rings (SSSR count). The number of hydrogen-bond acceptors (Lipinski definition) is 6. The summed E-state index contributed by atoms with van der Waals surface area (Å²) in [6.07, 6.45) is 5.13. The molecule has 0 radical (unpaired) electrons. The standard InChI is InChI=1S/C33H37FN4O6/c34-24-12-10-23(11-13-24)31(42)38-28(18-21-6-14-26(39)15-7-21)32(43)35-20-30(41)37-29(19-22-8-16-27(40)17-9-22)33(44)36-25-4-2-1-3-5-25/h6-17,25,28-29,39-40H,1-5,18-20H2,(H,35,43)(H,36,44)(H,37,41)(H,38,42)/t28-,29-/m0/s1. The maximum Gasteiger partial charge on any atom is 0.251 e. The number of halogens is 1. The van der Waals surface area contributed by atoms with Crippen LogP contribution in [0.25, 0.3) is 0 Å². The third kappa shape index (κ3) is 9.82. The van der Waals surface area contributed by atoms with Crippen LogP contribution in [0.1, 0.15) is 53.6 Å². The number of benzene rings is 3. The first-order valence-electron chi connectivity index (χ1n) is 14.7. The summed E-state index contributed by atoms with van der Waals surface area (Å²) in [6, 6.07) is 15.3. The van der Waals surface area contributed by atoms with Gasteiger partial charge in [-0.15, -0.1) is 0 Å². The van der Waals surface area contributed by atoms with E-state index in [-0.39, 0.29) is 41.9 Å². The Morgan fingerprint density at radius 3 is 1.77 bits per heavy atom. The van der Waals surface area contributed by atoms with E-state index in [1.54, 1.807) is 24.3 Å². The van der Waals surface area contributed by atoms with Crippen LogP contribution in [-0.2, 0) is 27.2 Å². The molecule has 0 bridgehead atoms. The molecule has 2 atom stereocenters. The van der Waals surface area contributed by atoms with Crippen molar-refractivity contribution in [2.24, 2.45) is 0 Å². The van der Waals surface area contributed by atoms with E-state index >= 15 is 0 Å². The van der Waals surface area contributed by atoms with Gasteiger partial charge in [0.15, 0.2) is 0 Å². The Morgan fingerprint density at radius 1 is 0.705 bits per heavy atom. The lowest BCUT2D eigenvalue weighted by molar-refractivity contribution is -0.130. The molecular formula is C33H37FN4O6. The van der Waals surface area contributed by atoms with E-state index in [0.29, 0.717) is 5.56 Å². The minimum atomic E-state index is -1.10. The third-order valence-corrected chi connectivity index (χ3v) is 7.51. The smallest absolute Gasteiger partial charge is 0.251 e. The zero-order valence-electron chi connectivity index (χ0n) is 24.2. The van der Waals surface area contributed by atoms with Crippen molar-refractivity contribution in [2.75, 3.05) is 6.54 Å². The molecule has 3 aromatic rings. The minimum Gasteiger partial charge on any atom is -0.508 e. The van der Waals surface area contributed by atoms with Gasteiger partial charge in [0.05, 0.1) is 6.54 Å². The Hall–Kier alpha value is -4.93. The molecule has 44 heavy (non-hydrogen) atoms. The van der Waals surface area contributed by atoms with Crippen molar-refractivity contribution >= 4 is 23.6 Å². The number of phenolic OH excluding ortho intramolecular Hbond substituents is 2. The molecule has 10 nitrogen and oxygen atoms in total. The fourth-order valence-corrected chi connectivity index (χ4v) is 5.08. The van der Waals surface area contributed by atoms with E-state index in [2.05, 4.69) is 21.3 Å². The zero-order chi connectivity index (χ0) is 31.5. The summed E-state index contributed by atoms with van der Waals surface area (Å²) in [5.74, 6) is -2.59. The predicted octanol–water partition coefficient (Wildman–Crippen LogP) is 2.87. The van der Waals surface area contributed by atoms with Gasteiger partial charge in [-0.1, -0.05) is 43.5 Å². The molecule has 1 saturated carbocycles. The normalized spacial score (nSPS) is 14.6. The van der Waals surface area contributed by atoms with Gasteiger partial charge in [-0.25, -0.2) is 4.39 Å². The van der Waals surface area contributed by atoms with Crippen LogP contribution in [0.15, 0.2) is 72.8 Å². The van der Waals surface area contributed by atoms with Crippen molar-refractivity contribution < 1.29 is 33.8 Å². The Kier molecular flexibility index (Phi) is 11.3. The third-order valence-electron chi connectivity index (χ3n) is 7.51. The molecule has 0 heterocycles. The van der Waals surface area contributed by atoms with Gasteiger partial charge in [-0.3, -0.25) is 19.2 Å². The van der Waals surface area contributed by atoms with Crippen molar-refractivity contribution in [3.63, 3.8) is 0 Å². The molecule has 3 aromatic carbocycles. The number of carbonyl (C=O) groups is 4. The Bertz CT molecular complexity index is 1420. The topological polar surface area (TPSA) is 157 Å². The van der Waals surface area contributed by atoms with Crippen LogP contribution in [0.5, 0.6) is 11.5 Å². The van der Waals surface area contributed by atoms with Gasteiger partial charge < -0.3 is 31.5 Å². The maximum absolute atomic E-state index is 13.3. The number of nitrogens with one attached hydrogen (secondary N) is 4. The monoisotopic (exact) mass is 604 g/mol. The first-order valence-corrected chi connectivity index (χ1v) is 14.7. The first-order chi connectivity index (χ1) is 21.2. The summed E-state index contributed by atoms with van der Waals surface area (Å²) < 4.78 is 13.3. The van der Waals surface area contributed by atoms with Crippen LogP contribution in [0.4, 0.5) is 4.39 Å². The minimum absolute atomic E-state index is 0.0283. The molecule has 1 aliphatic carbocycles. The second kappa shape index (κ2) is 15.5. The van der Waals surface area contributed by atoms with E-state index in [1.807, 2.05) is 0 Å². The van der Waals surface area contributed by atoms with Crippen molar-refractivity contribution in [3.8, 4) is 11.5 Å². The Balaban J connectivity index is 1.41. The lowest BCUT2D eigenvalue weighted by Crippen LogP contribution is -2.54. The molecule has 0 unspecified atom stereocenters. The van der Waals surface area contributed by atoms with Crippen molar-refractivity contribution in [1.82, 2.24) is 21.3 Å². The van der Waals surface area contributed by atoms with Gasteiger partial charge in [-0.05, 0) is 72.5 Å². The van der Waals surface area contributed by atoms with Gasteiger partial charge in [0.2, 0.25) is 17.7 Å². The highest BCUT2D eigenvalue weighted by Crippen LogP contribution is 2.18. The largest absolute Gasteiger partial charge is 0.508 e. The van der Waals surface area contributed by atoms with Gasteiger partial charge in [0.25, 0.3) is 5.91 Å². The first kappa shape index (κ1) is 32.0. The molecule has 6 N–H and O–H groups in total. The second-order valence-corrected chi connectivity index (χ2v) is 11.0.